The lowest BCUT2D eigenvalue weighted by Crippen LogP contribution is -2.46. The Kier molecular flexibility index (Phi) is 3.71. The standard InChI is InChI=1S/C14H27N/c1-10-6-4-9-14(12(10)3)15-13-8-5-7-11(13)2/h10-15H,4-9H2,1-3H3. The Balaban J connectivity index is 1.87. The van der Waals surface area contributed by atoms with Crippen LogP contribution in [0.2, 0.25) is 0 Å². The smallest absolute Gasteiger partial charge is 0.00979 e. The molecule has 0 heterocycles. The minimum Gasteiger partial charge on any atom is -0.311 e. The van der Waals surface area contributed by atoms with E-state index in [2.05, 4.69) is 26.1 Å². The molecule has 0 spiro atoms. The van der Waals surface area contributed by atoms with Crippen LogP contribution in [0.5, 0.6) is 0 Å². The summed E-state index contributed by atoms with van der Waals surface area (Å²) >= 11 is 0. The van der Waals surface area contributed by atoms with Crippen molar-refractivity contribution in [3.05, 3.63) is 0 Å². The number of nitrogens with one attached hydrogen (secondary N) is 1. The summed E-state index contributed by atoms with van der Waals surface area (Å²) in [6.07, 6.45) is 8.58. The van der Waals surface area contributed by atoms with Gasteiger partial charge < -0.3 is 5.32 Å². The fourth-order valence-corrected chi connectivity index (χ4v) is 3.49. The predicted octanol–water partition coefficient (Wildman–Crippen LogP) is 3.59. The largest absolute Gasteiger partial charge is 0.311 e. The lowest BCUT2D eigenvalue weighted by Gasteiger charge is -2.37. The fraction of sp³-hybridized carbons (Fsp3) is 1.00. The molecule has 2 aliphatic rings. The topological polar surface area (TPSA) is 12.0 Å². The molecule has 0 aromatic rings. The average Bonchev–Trinajstić information content (AvgIpc) is 2.60. The number of rotatable bonds is 2. The van der Waals surface area contributed by atoms with Crippen molar-refractivity contribution in [3.63, 3.8) is 0 Å². The molecule has 0 aliphatic heterocycles. The van der Waals surface area contributed by atoms with Gasteiger partial charge in [0, 0.05) is 12.1 Å². The van der Waals surface area contributed by atoms with Gasteiger partial charge in [-0.2, -0.15) is 0 Å². The maximum atomic E-state index is 3.95. The van der Waals surface area contributed by atoms with Crippen LogP contribution in [0.4, 0.5) is 0 Å². The predicted molar refractivity (Wildman–Crippen MR) is 65.9 cm³/mol. The molecule has 5 atom stereocenters. The summed E-state index contributed by atoms with van der Waals surface area (Å²) in [5, 5.41) is 3.95. The van der Waals surface area contributed by atoms with Crippen molar-refractivity contribution in [2.75, 3.05) is 0 Å². The summed E-state index contributed by atoms with van der Waals surface area (Å²) in [7, 11) is 0. The van der Waals surface area contributed by atoms with Crippen LogP contribution in [0.25, 0.3) is 0 Å². The molecular weight excluding hydrogens is 182 g/mol. The van der Waals surface area contributed by atoms with E-state index in [4.69, 9.17) is 0 Å². The van der Waals surface area contributed by atoms with E-state index in [0.29, 0.717) is 0 Å². The number of hydrogen-bond acceptors (Lipinski definition) is 1. The molecule has 1 N–H and O–H groups in total. The molecule has 0 radical (unpaired) electrons. The highest BCUT2D eigenvalue weighted by Crippen LogP contribution is 2.32. The fourth-order valence-electron chi connectivity index (χ4n) is 3.49. The Labute approximate surface area is 95.0 Å². The van der Waals surface area contributed by atoms with E-state index in [1.807, 2.05) is 0 Å². The van der Waals surface area contributed by atoms with E-state index in [1.54, 1.807) is 0 Å². The third-order valence-corrected chi connectivity index (χ3v) is 5.00. The van der Waals surface area contributed by atoms with Gasteiger partial charge in [0.1, 0.15) is 0 Å². The summed E-state index contributed by atoms with van der Waals surface area (Å²) < 4.78 is 0. The van der Waals surface area contributed by atoms with Gasteiger partial charge in [-0.25, -0.2) is 0 Å². The molecule has 0 saturated heterocycles. The average molecular weight is 209 g/mol. The van der Waals surface area contributed by atoms with E-state index < -0.39 is 0 Å². The molecule has 1 nitrogen and oxygen atoms in total. The van der Waals surface area contributed by atoms with E-state index in [0.717, 1.165) is 29.8 Å². The van der Waals surface area contributed by atoms with Crippen LogP contribution in [0, 0.1) is 17.8 Å². The van der Waals surface area contributed by atoms with Crippen molar-refractivity contribution in [2.24, 2.45) is 17.8 Å². The van der Waals surface area contributed by atoms with Crippen LogP contribution in [-0.2, 0) is 0 Å². The lowest BCUT2D eigenvalue weighted by molar-refractivity contribution is 0.185. The van der Waals surface area contributed by atoms with Crippen LogP contribution in [0.15, 0.2) is 0 Å². The molecule has 2 rings (SSSR count). The Morgan fingerprint density at radius 1 is 0.733 bits per heavy atom. The summed E-state index contributed by atoms with van der Waals surface area (Å²) in [4.78, 5) is 0. The van der Waals surface area contributed by atoms with Gasteiger partial charge in [-0.3, -0.25) is 0 Å². The van der Waals surface area contributed by atoms with Crippen molar-refractivity contribution in [2.45, 2.75) is 71.4 Å². The second kappa shape index (κ2) is 4.86. The Hall–Kier alpha value is -0.0400. The normalized spacial score (nSPS) is 47.0. The third kappa shape index (κ3) is 2.55. The molecule has 0 aromatic heterocycles. The Bertz CT molecular complexity index is 202. The molecule has 0 aromatic carbocycles. The Morgan fingerprint density at radius 3 is 1.93 bits per heavy atom. The molecule has 0 bridgehead atoms. The summed E-state index contributed by atoms with van der Waals surface area (Å²) in [6, 6.07) is 1.63. The minimum atomic E-state index is 0.805. The van der Waals surface area contributed by atoms with Gasteiger partial charge in [-0.05, 0) is 37.0 Å². The summed E-state index contributed by atoms with van der Waals surface area (Å²) in [6.45, 7) is 7.29. The van der Waals surface area contributed by atoms with E-state index in [-0.39, 0.29) is 0 Å². The molecule has 2 fully saturated rings. The summed E-state index contributed by atoms with van der Waals surface area (Å²) in [5.41, 5.74) is 0. The SMILES string of the molecule is CC1CCCC1NC1CCCC(C)C1C. The van der Waals surface area contributed by atoms with Crippen LogP contribution in [0.3, 0.4) is 0 Å². The van der Waals surface area contributed by atoms with Gasteiger partial charge in [0.2, 0.25) is 0 Å². The molecule has 2 saturated carbocycles. The van der Waals surface area contributed by atoms with Gasteiger partial charge in [-0.1, -0.05) is 40.0 Å². The lowest BCUT2D eigenvalue weighted by atomic mass is 9.77. The van der Waals surface area contributed by atoms with Crippen molar-refractivity contribution in [1.29, 1.82) is 0 Å². The van der Waals surface area contributed by atoms with Crippen LogP contribution >= 0.6 is 0 Å². The molecule has 2 aliphatic carbocycles. The molecule has 0 amide bonds. The first-order valence-electron chi connectivity index (χ1n) is 6.94. The van der Waals surface area contributed by atoms with Gasteiger partial charge in [0.05, 0.1) is 0 Å². The maximum absolute atomic E-state index is 3.95. The van der Waals surface area contributed by atoms with Gasteiger partial charge in [-0.15, -0.1) is 0 Å². The van der Waals surface area contributed by atoms with E-state index in [1.165, 1.54) is 38.5 Å². The molecule has 1 heteroatoms. The van der Waals surface area contributed by atoms with Crippen molar-refractivity contribution >= 4 is 0 Å². The van der Waals surface area contributed by atoms with Crippen molar-refractivity contribution in [3.8, 4) is 0 Å². The van der Waals surface area contributed by atoms with Crippen LogP contribution in [0.1, 0.15) is 59.3 Å². The molecular formula is C14H27N. The Morgan fingerprint density at radius 2 is 1.33 bits per heavy atom. The van der Waals surface area contributed by atoms with E-state index in [9.17, 15) is 0 Å². The highest BCUT2D eigenvalue weighted by Gasteiger charge is 2.31. The zero-order valence-corrected chi connectivity index (χ0v) is 10.6. The molecule has 15 heavy (non-hydrogen) atoms. The molecule has 88 valence electrons. The van der Waals surface area contributed by atoms with Gasteiger partial charge >= 0.3 is 0 Å². The van der Waals surface area contributed by atoms with Crippen LogP contribution in [-0.4, -0.2) is 12.1 Å². The quantitative estimate of drug-likeness (QED) is 0.733. The first kappa shape index (κ1) is 11.4. The van der Waals surface area contributed by atoms with Crippen LogP contribution < -0.4 is 5.32 Å². The van der Waals surface area contributed by atoms with Crippen molar-refractivity contribution in [1.82, 2.24) is 5.32 Å². The minimum absolute atomic E-state index is 0.805. The second-order valence-corrected chi connectivity index (χ2v) is 6.06. The van der Waals surface area contributed by atoms with Gasteiger partial charge in [0.25, 0.3) is 0 Å². The highest BCUT2D eigenvalue weighted by atomic mass is 15.0. The first-order chi connectivity index (χ1) is 7.18. The van der Waals surface area contributed by atoms with Gasteiger partial charge in [0.15, 0.2) is 0 Å². The molecule has 5 unspecified atom stereocenters. The first-order valence-corrected chi connectivity index (χ1v) is 6.94. The highest BCUT2D eigenvalue weighted by molar-refractivity contribution is 4.88. The van der Waals surface area contributed by atoms with E-state index >= 15 is 0 Å². The monoisotopic (exact) mass is 209 g/mol. The summed E-state index contributed by atoms with van der Waals surface area (Å²) in [5.74, 6) is 2.72. The third-order valence-electron chi connectivity index (χ3n) is 5.00. The number of hydrogen-bond donors (Lipinski definition) is 1. The second-order valence-electron chi connectivity index (χ2n) is 6.06. The maximum Gasteiger partial charge on any atom is 0.00979 e. The zero-order valence-electron chi connectivity index (χ0n) is 10.6. The van der Waals surface area contributed by atoms with Crippen molar-refractivity contribution < 1.29 is 0 Å². The zero-order chi connectivity index (χ0) is 10.8.